The Balaban J connectivity index is 2.63. The Morgan fingerprint density at radius 1 is 1.00 bits per heavy atom. The van der Waals surface area contributed by atoms with Gasteiger partial charge in [-0.05, 0) is 18.6 Å². The van der Waals surface area contributed by atoms with E-state index >= 15 is 0 Å². The Kier molecular flexibility index (Phi) is 4.22. The highest BCUT2D eigenvalue weighted by Crippen LogP contribution is 2.27. The van der Waals surface area contributed by atoms with E-state index in [1.54, 1.807) is 6.08 Å². The minimum atomic E-state index is -1.52. The largest absolute Gasteiger partial charge is 0.505 e. The number of hydrogen-bond donors (Lipinski definition) is 3. The van der Waals surface area contributed by atoms with Crippen molar-refractivity contribution in [1.82, 2.24) is 4.98 Å². The number of aromatic carboxylic acids is 2. The van der Waals surface area contributed by atoms with Gasteiger partial charge in [-0.1, -0.05) is 36.4 Å². The van der Waals surface area contributed by atoms with E-state index in [0.29, 0.717) is 0 Å². The van der Waals surface area contributed by atoms with Crippen molar-refractivity contribution < 1.29 is 24.9 Å². The molecule has 2 aromatic rings. The van der Waals surface area contributed by atoms with Crippen molar-refractivity contribution in [2.24, 2.45) is 0 Å². The number of rotatable bonds is 4. The Morgan fingerprint density at radius 2 is 1.59 bits per heavy atom. The SMILES string of the molecule is Cc1nc(C=Cc2ccccc2)c(C(=O)O)c(C(=O)O)c1O. The van der Waals surface area contributed by atoms with Gasteiger partial charge >= 0.3 is 11.9 Å². The van der Waals surface area contributed by atoms with Crippen molar-refractivity contribution in [3.05, 3.63) is 58.4 Å². The van der Waals surface area contributed by atoms with E-state index in [4.69, 9.17) is 5.11 Å². The molecule has 6 heteroatoms. The zero-order chi connectivity index (χ0) is 16.3. The van der Waals surface area contributed by atoms with Gasteiger partial charge in [0.15, 0.2) is 5.75 Å². The van der Waals surface area contributed by atoms with Crippen LogP contribution in [0.2, 0.25) is 0 Å². The number of aromatic nitrogens is 1. The van der Waals surface area contributed by atoms with Crippen LogP contribution in [0, 0.1) is 6.92 Å². The van der Waals surface area contributed by atoms with Crippen molar-refractivity contribution in [1.29, 1.82) is 0 Å². The second-order valence-electron chi connectivity index (χ2n) is 4.54. The number of carboxylic acids is 2. The van der Waals surface area contributed by atoms with Gasteiger partial charge in [0, 0.05) is 0 Å². The minimum Gasteiger partial charge on any atom is -0.505 e. The summed E-state index contributed by atoms with van der Waals surface area (Å²) in [5.74, 6) is -3.62. The molecule has 0 radical (unpaired) electrons. The van der Waals surface area contributed by atoms with Gasteiger partial charge in [0.1, 0.15) is 11.1 Å². The van der Waals surface area contributed by atoms with Crippen LogP contribution in [0.15, 0.2) is 30.3 Å². The van der Waals surface area contributed by atoms with Crippen LogP contribution in [-0.4, -0.2) is 32.2 Å². The predicted molar refractivity (Wildman–Crippen MR) is 79.9 cm³/mol. The third-order valence-electron chi connectivity index (χ3n) is 3.03. The second kappa shape index (κ2) is 6.09. The zero-order valence-electron chi connectivity index (χ0n) is 11.6. The molecule has 0 bridgehead atoms. The molecule has 0 aliphatic carbocycles. The number of aryl methyl sites for hydroxylation is 1. The third-order valence-corrected chi connectivity index (χ3v) is 3.03. The van der Waals surface area contributed by atoms with E-state index in [2.05, 4.69) is 4.98 Å². The summed E-state index contributed by atoms with van der Waals surface area (Å²) in [6, 6.07) is 9.09. The summed E-state index contributed by atoms with van der Waals surface area (Å²) in [5, 5.41) is 28.2. The summed E-state index contributed by atoms with van der Waals surface area (Å²) >= 11 is 0. The number of hydrogen-bond acceptors (Lipinski definition) is 4. The molecule has 0 amide bonds. The van der Waals surface area contributed by atoms with Crippen molar-refractivity contribution in [3.8, 4) is 5.75 Å². The van der Waals surface area contributed by atoms with Crippen LogP contribution in [0.5, 0.6) is 5.75 Å². The van der Waals surface area contributed by atoms with Crippen LogP contribution in [0.25, 0.3) is 12.2 Å². The van der Waals surface area contributed by atoms with Gasteiger partial charge in [-0.15, -0.1) is 0 Å². The van der Waals surface area contributed by atoms with Crippen LogP contribution in [-0.2, 0) is 0 Å². The fourth-order valence-corrected chi connectivity index (χ4v) is 2.00. The van der Waals surface area contributed by atoms with Gasteiger partial charge in [-0.25, -0.2) is 14.6 Å². The summed E-state index contributed by atoms with van der Waals surface area (Å²) in [7, 11) is 0. The lowest BCUT2D eigenvalue weighted by molar-refractivity contribution is 0.0647. The van der Waals surface area contributed by atoms with E-state index in [1.165, 1.54) is 13.0 Å². The maximum atomic E-state index is 11.4. The first-order chi connectivity index (χ1) is 10.4. The van der Waals surface area contributed by atoms with Gasteiger partial charge < -0.3 is 15.3 Å². The number of aromatic hydroxyl groups is 1. The second-order valence-corrected chi connectivity index (χ2v) is 4.54. The van der Waals surface area contributed by atoms with E-state index in [0.717, 1.165) is 5.56 Å². The summed E-state index contributed by atoms with van der Waals surface area (Å²) in [6.45, 7) is 1.41. The molecule has 1 aromatic heterocycles. The van der Waals surface area contributed by atoms with Crippen molar-refractivity contribution in [2.75, 3.05) is 0 Å². The fraction of sp³-hybridized carbons (Fsp3) is 0.0625. The van der Waals surface area contributed by atoms with Crippen molar-refractivity contribution in [2.45, 2.75) is 6.92 Å². The lowest BCUT2D eigenvalue weighted by atomic mass is 10.0. The Bertz CT molecular complexity index is 766. The van der Waals surface area contributed by atoms with E-state index in [9.17, 15) is 19.8 Å². The Morgan fingerprint density at radius 3 is 2.14 bits per heavy atom. The maximum Gasteiger partial charge on any atom is 0.340 e. The van der Waals surface area contributed by atoms with E-state index in [-0.39, 0.29) is 11.4 Å². The molecule has 2 rings (SSSR count). The average Bonchev–Trinajstić information content (AvgIpc) is 2.48. The fourth-order valence-electron chi connectivity index (χ4n) is 2.00. The molecule has 6 nitrogen and oxygen atoms in total. The smallest absolute Gasteiger partial charge is 0.340 e. The number of carboxylic acid groups (broad SMARTS) is 2. The Hall–Kier alpha value is -3.15. The van der Waals surface area contributed by atoms with Crippen LogP contribution in [0.1, 0.15) is 37.7 Å². The molecule has 0 atom stereocenters. The maximum absolute atomic E-state index is 11.4. The summed E-state index contributed by atoms with van der Waals surface area (Å²) in [6.07, 6.45) is 3.04. The lowest BCUT2D eigenvalue weighted by Crippen LogP contribution is -2.13. The van der Waals surface area contributed by atoms with E-state index < -0.39 is 28.8 Å². The first kappa shape index (κ1) is 15.2. The number of carbonyl (C=O) groups is 2. The highest BCUT2D eigenvalue weighted by Gasteiger charge is 2.26. The highest BCUT2D eigenvalue weighted by atomic mass is 16.4. The standard InChI is InChI=1S/C16H13NO5/c1-9-14(18)13(16(21)22)12(15(19)20)11(17-9)8-7-10-5-3-2-4-6-10/h2-8,18H,1H3,(H,19,20)(H,21,22). The molecule has 0 spiro atoms. The van der Waals surface area contributed by atoms with Gasteiger partial charge in [-0.2, -0.15) is 0 Å². The normalized spacial score (nSPS) is 10.8. The third kappa shape index (κ3) is 2.95. The molecule has 3 N–H and O–H groups in total. The number of benzene rings is 1. The van der Waals surface area contributed by atoms with Gasteiger partial charge in [0.25, 0.3) is 0 Å². The average molecular weight is 299 g/mol. The highest BCUT2D eigenvalue weighted by molar-refractivity contribution is 6.06. The molecule has 1 aromatic carbocycles. The molecule has 0 unspecified atom stereocenters. The molecule has 0 saturated heterocycles. The first-order valence-corrected chi connectivity index (χ1v) is 6.35. The van der Waals surface area contributed by atoms with Crippen molar-refractivity contribution >= 4 is 24.1 Å². The predicted octanol–water partition coefficient (Wildman–Crippen LogP) is 2.66. The van der Waals surface area contributed by atoms with Gasteiger partial charge in [0.05, 0.1) is 11.4 Å². The molecule has 0 aliphatic heterocycles. The van der Waals surface area contributed by atoms with Crippen LogP contribution >= 0.6 is 0 Å². The Labute approximate surface area is 126 Å². The quantitative estimate of drug-likeness (QED) is 0.801. The molecular formula is C16H13NO5. The van der Waals surface area contributed by atoms with Crippen molar-refractivity contribution in [3.63, 3.8) is 0 Å². The number of pyridine rings is 1. The molecule has 0 saturated carbocycles. The molecule has 112 valence electrons. The van der Waals surface area contributed by atoms with Crippen LogP contribution in [0.3, 0.4) is 0 Å². The topological polar surface area (TPSA) is 108 Å². The molecule has 0 aliphatic rings. The summed E-state index contributed by atoms with van der Waals surface area (Å²) < 4.78 is 0. The van der Waals surface area contributed by atoms with Crippen LogP contribution in [0.4, 0.5) is 0 Å². The van der Waals surface area contributed by atoms with Gasteiger partial charge in [0.2, 0.25) is 0 Å². The van der Waals surface area contributed by atoms with Gasteiger partial charge in [-0.3, -0.25) is 0 Å². The molecule has 22 heavy (non-hydrogen) atoms. The van der Waals surface area contributed by atoms with Crippen LogP contribution < -0.4 is 0 Å². The lowest BCUT2D eigenvalue weighted by Gasteiger charge is -2.09. The monoisotopic (exact) mass is 299 g/mol. The first-order valence-electron chi connectivity index (χ1n) is 6.35. The van der Waals surface area contributed by atoms with E-state index in [1.807, 2.05) is 30.3 Å². The zero-order valence-corrected chi connectivity index (χ0v) is 11.6. The summed E-state index contributed by atoms with van der Waals surface area (Å²) in [5.41, 5.74) is -0.363. The molecule has 0 fully saturated rings. The molecular weight excluding hydrogens is 286 g/mol. The molecule has 1 heterocycles. The number of nitrogens with zero attached hydrogens (tertiary/aromatic N) is 1. The summed E-state index contributed by atoms with van der Waals surface area (Å²) in [4.78, 5) is 26.6. The minimum absolute atomic E-state index is 0.0240.